The van der Waals surface area contributed by atoms with Crippen LogP contribution in [0.3, 0.4) is 0 Å². The van der Waals surface area contributed by atoms with Gasteiger partial charge in [0, 0.05) is 13.6 Å². The number of halogens is 1. The van der Waals surface area contributed by atoms with Gasteiger partial charge < -0.3 is 5.73 Å². The number of carbonyl (C=O) groups excluding carboxylic acids is 1. The number of carbonyl (C=O) groups is 1. The standard InChI is InChI=1S/C11H17BrN4O/c1-7-10(12)9(15(2)14-7)6-16-5-3-4-8(16)11(13)17/h8H,3-6H2,1-2H3,(H2,13,17). The molecule has 2 heterocycles. The Morgan fingerprint density at radius 3 is 2.88 bits per heavy atom. The molecule has 0 bridgehead atoms. The summed E-state index contributed by atoms with van der Waals surface area (Å²) in [5.74, 6) is -0.225. The molecule has 1 aliphatic heterocycles. The fourth-order valence-corrected chi connectivity index (χ4v) is 2.84. The summed E-state index contributed by atoms with van der Waals surface area (Å²) in [5, 5.41) is 4.35. The minimum absolute atomic E-state index is 0.128. The molecule has 94 valence electrons. The molecule has 0 saturated carbocycles. The predicted octanol–water partition coefficient (Wildman–Crippen LogP) is 0.941. The highest BCUT2D eigenvalue weighted by atomic mass is 79.9. The van der Waals surface area contributed by atoms with Gasteiger partial charge in [0.05, 0.1) is 21.9 Å². The SMILES string of the molecule is Cc1nn(C)c(CN2CCCC2C(N)=O)c1Br. The number of primary amides is 1. The Balaban J connectivity index is 2.18. The molecule has 17 heavy (non-hydrogen) atoms. The third-order valence-electron chi connectivity index (χ3n) is 3.31. The molecule has 1 amide bonds. The van der Waals surface area contributed by atoms with Crippen LogP contribution in [0.2, 0.25) is 0 Å². The normalized spacial score (nSPS) is 21.0. The van der Waals surface area contributed by atoms with Gasteiger partial charge in [0.25, 0.3) is 0 Å². The quantitative estimate of drug-likeness (QED) is 0.903. The third kappa shape index (κ3) is 2.37. The number of hydrogen-bond acceptors (Lipinski definition) is 3. The van der Waals surface area contributed by atoms with E-state index in [1.807, 2.05) is 18.7 Å². The highest BCUT2D eigenvalue weighted by molar-refractivity contribution is 9.10. The Morgan fingerprint density at radius 1 is 1.65 bits per heavy atom. The minimum Gasteiger partial charge on any atom is -0.368 e. The van der Waals surface area contributed by atoms with Crippen molar-refractivity contribution in [2.75, 3.05) is 6.54 Å². The minimum atomic E-state index is -0.225. The molecule has 1 unspecified atom stereocenters. The summed E-state index contributed by atoms with van der Waals surface area (Å²) in [6, 6.07) is -0.128. The molecule has 0 aliphatic carbocycles. The van der Waals surface area contributed by atoms with Crippen molar-refractivity contribution >= 4 is 21.8 Å². The van der Waals surface area contributed by atoms with Gasteiger partial charge in [0.1, 0.15) is 0 Å². The average molecular weight is 301 g/mol. The van der Waals surface area contributed by atoms with Crippen molar-refractivity contribution in [3.63, 3.8) is 0 Å². The van der Waals surface area contributed by atoms with Crippen LogP contribution < -0.4 is 5.73 Å². The van der Waals surface area contributed by atoms with Gasteiger partial charge in [-0.3, -0.25) is 14.4 Å². The van der Waals surface area contributed by atoms with Crippen LogP contribution in [0, 0.1) is 6.92 Å². The van der Waals surface area contributed by atoms with E-state index in [0.717, 1.165) is 35.2 Å². The van der Waals surface area contributed by atoms with Gasteiger partial charge >= 0.3 is 0 Å². The van der Waals surface area contributed by atoms with E-state index in [-0.39, 0.29) is 11.9 Å². The Kier molecular flexibility index (Phi) is 3.53. The van der Waals surface area contributed by atoms with Gasteiger partial charge in [0.15, 0.2) is 0 Å². The summed E-state index contributed by atoms with van der Waals surface area (Å²) in [5.41, 5.74) is 7.47. The predicted molar refractivity (Wildman–Crippen MR) is 68.3 cm³/mol. The summed E-state index contributed by atoms with van der Waals surface area (Å²) in [6.45, 7) is 3.60. The first-order valence-corrected chi connectivity index (χ1v) is 6.51. The second-order valence-electron chi connectivity index (χ2n) is 4.50. The summed E-state index contributed by atoms with van der Waals surface area (Å²) >= 11 is 3.54. The van der Waals surface area contributed by atoms with Gasteiger partial charge in [-0.25, -0.2) is 0 Å². The molecule has 1 atom stereocenters. The zero-order chi connectivity index (χ0) is 12.6. The lowest BCUT2D eigenvalue weighted by atomic mass is 10.2. The molecule has 1 aliphatic rings. The summed E-state index contributed by atoms with van der Waals surface area (Å²) < 4.78 is 2.88. The van der Waals surface area contributed by atoms with Crippen molar-refractivity contribution in [1.82, 2.24) is 14.7 Å². The molecule has 0 radical (unpaired) electrons. The number of rotatable bonds is 3. The van der Waals surface area contributed by atoms with E-state index >= 15 is 0 Å². The summed E-state index contributed by atoms with van der Waals surface area (Å²) in [6.07, 6.45) is 1.89. The lowest BCUT2D eigenvalue weighted by molar-refractivity contribution is -0.122. The molecule has 1 aromatic rings. The molecule has 2 N–H and O–H groups in total. The van der Waals surface area contributed by atoms with Crippen molar-refractivity contribution in [3.8, 4) is 0 Å². The second kappa shape index (κ2) is 4.78. The topological polar surface area (TPSA) is 64.2 Å². The molecule has 1 fully saturated rings. The second-order valence-corrected chi connectivity index (χ2v) is 5.29. The fraction of sp³-hybridized carbons (Fsp3) is 0.636. The van der Waals surface area contributed by atoms with Crippen LogP contribution in [-0.4, -0.2) is 33.2 Å². The lowest BCUT2D eigenvalue weighted by Crippen LogP contribution is -2.40. The molecule has 0 aromatic carbocycles. The van der Waals surface area contributed by atoms with Crippen LogP contribution in [0.15, 0.2) is 4.47 Å². The zero-order valence-corrected chi connectivity index (χ0v) is 11.7. The lowest BCUT2D eigenvalue weighted by Gasteiger charge is -2.21. The van der Waals surface area contributed by atoms with Crippen LogP contribution in [0.1, 0.15) is 24.2 Å². The molecule has 5 nitrogen and oxygen atoms in total. The van der Waals surface area contributed by atoms with Gasteiger partial charge in [-0.05, 0) is 42.2 Å². The fourth-order valence-electron chi connectivity index (χ4n) is 2.38. The molecule has 1 aromatic heterocycles. The molecule has 1 saturated heterocycles. The highest BCUT2D eigenvalue weighted by Crippen LogP contribution is 2.25. The maximum absolute atomic E-state index is 11.3. The van der Waals surface area contributed by atoms with E-state index in [9.17, 15) is 4.79 Å². The third-order valence-corrected chi connectivity index (χ3v) is 4.34. The number of hydrogen-bond donors (Lipinski definition) is 1. The Bertz CT molecular complexity index is 443. The van der Waals surface area contributed by atoms with Gasteiger partial charge in [-0.1, -0.05) is 0 Å². The molecule has 6 heteroatoms. The number of amides is 1. The Morgan fingerprint density at radius 2 is 2.35 bits per heavy atom. The molecular formula is C11H17BrN4O. The van der Waals surface area contributed by atoms with Crippen LogP contribution in [0.4, 0.5) is 0 Å². The smallest absolute Gasteiger partial charge is 0.234 e. The van der Waals surface area contributed by atoms with E-state index in [0.29, 0.717) is 6.54 Å². The van der Waals surface area contributed by atoms with E-state index in [4.69, 9.17) is 5.73 Å². The first-order chi connectivity index (χ1) is 8.00. The van der Waals surface area contributed by atoms with E-state index in [1.165, 1.54) is 0 Å². The van der Waals surface area contributed by atoms with E-state index in [2.05, 4.69) is 25.9 Å². The summed E-state index contributed by atoms with van der Waals surface area (Å²) in [4.78, 5) is 13.5. The first-order valence-electron chi connectivity index (χ1n) is 5.72. The Hall–Kier alpha value is -0.880. The van der Waals surface area contributed by atoms with E-state index < -0.39 is 0 Å². The number of aryl methyl sites for hydroxylation is 2. The van der Waals surface area contributed by atoms with Crippen molar-refractivity contribution in [2.45, 2.75) is 32.4 Å². The van der Waals surface area contributed by atoms with Crippen molar-refractivity contribution in [3.05, 3.63) is 15.9 Å². The summed E-state index contributed by atoms with van der Waals surface area (Å²) in [7, 11) is 1.92. The maximum atomic E-state index is 11.3. The largest absolute Gasteiger partial charge is 0.368 e. The van der Waals surface area contributed by atoms with E-state index in [1.54, 1.807) is 0 Å². The monoisotopic (exact) mass is 300 g/mol. The van der Waals surface area contributed by atoms with Gasteiger partial charge in [0.2, 0.25) is 5.91 Å². The van der Waals surface area contributed by atoms with Crippen LogP contribution >= 0.6 is 15.9 Å². The number of likely N-dealkylation sites (tertiary alicyclic amines) is 1. The van der Waals surface area contributed by atoms with Crippen LogP contribution in [0.5, 0.6) is 0 Å². The van der Waals surface area contributed by atoms with Crippen molar-refractivity contribution in [1.29, 1.82) is 0 Å². The van der Waals surface area contributed by atoms with Crippen LogP contribution in [0.25, 0.3) is 0 Å². The number of nitrogens with zero attached hydrogens (tertiary/aromatic N) is 3. The van der Waals surface area contributed by atoms with Crippen LogP contribution in [-0.2, 0) is 18.4 Å². The average Bonchev–Trinajstić information content (AvgIpc) is 2.80. The van der Waals surface area contributed by atoms with Crippen molar-refractivity contribution < 1.29 is 4.79 Å². The van der Waals surface area contributed by atoms with Gasteiger partial charge in [-0.2, -0.15) is 5.10 Å². The number of nitrogens with two attached hydrogens (primary N) is 1. The maximum Gasteiger partial charge on any atom is 0.234 e. The first kappa shape index (κ1) is 12.6. The molecule has 0 spiro atoms. The zero-order valence-electron chi connectivity index (χ0n) is 10.1. The Labute approximate surface area is 109 Å². The molecular weight excluding hydrogens is 284 g/mol. The van der Waals surface area contributed by atoms with Crippen molar-refractivity contribution in [2.24, 2.45) is 12.8 Å². The highest BCUT2D eigenvalue weighted by Gasteiger charge is 2.30. The molecule has 2 rings (SSSR count). The number of aromatic nitrogens is 2. The van der Waals surface area contributed by atoms with Gasteiger partial charge in [-0.15, -0.1) is 0 Å².